The molecule has 88 valence electrons. The zero-order chi connectivity index (χ0) is 12.4. The zero-order valence-electron chi connectivity index (χ0n) is 9.23. The lowest BCUT2D eigenvalue weighted by atomic mass is 10.1. The van der Waals surface area contributed by atoms with Crippen molar-refractivity contribution in [1.29, 1.82) is 0 Å². The molecule has 1 aromatic heterocycles. The van der Waals surface area contributed by atoms with E-state index in [1.165, 1.54) is 7.11 Å². The summed E-state index contributed by atoms with van der Waals surface area (Å²) in [7, 11) is 1.25. The Labute approximate surface area is 102 Å². The Morgan fingerprint density at radius 1 is 1.35 bits per heavy atom. The molecule has 1 aromatic carbocycles. The third-order valence-electron chi connectivity index (χ3n) is 2.07. The second-order valence-corrected chi connectivity index (χ2v) is 3.86. The van der Waals surface area contributed by atoms with Crippen molar-refractivity contribution in [3.8, 4) is 11.5 Å². The molecule has 0 fully saturated rings. The van der Waals surface area contributed by atoms with Gasteiger partial charge in [-0.1, -0.05) is 11.6 Å². The molecule has 5 nitrogen and oxygen atoms in total. The van der Waals surface area contributed by atoms with Gasteiger partial charge >= 0.3 is 11.9 Å². The highest BCUT2D eigenvalue weighted by Gasteiger charge is 2.16. The van der Waals surface area contributed by atoms with Crippen LogP contribution in [0.25, 0.3) is 11.5 Å². The molecule has 1 heterocycles. The van der Waals surface area contributed by atoms with Gasteiger partial charge in [0.2, 0.25) is 5.89 Å². The molecule has 0 N–H and O–H groups in total. The van der Waals surface area contributed by atoms with Gasteiger partial charge in [0, 0.05) is 10.6 Å². The number of ether oxygens (including phenoxy) is 1. The maximum atomic E-state index is 11.1. The Morgan fingerprint density at radius 3 is 2.76 bits per heavy atom. The maximum absolute atomic E-state index is 11.1. The van der Waals surface area contributed by atoms with Crippen LogP contribution < -0.4 is 0 Å². The second-order valence-electron chi connectivity index (χ2n) is 3.42. The molecule has 6 heteroatoms. The molecule has 0 saturated carbocycles. The van der Waals surface area contributed by atoms with Gasteiger partial charge in [0.25, 0.3) is 0 Å². The molecular formula is C11H9ClN2O3. The number of benzene rings is 1. The van der Waals surface area contributed by atoms with Crippen LogP contribution in [0.1, 0.15) is 16.2 Å². The van der Waals surface area contributed by atoms with Gasteiger partial charge in [0.15, 0.2) is 0 Å². The number of aromatic nitrogens is 2. The summed E-state index contributed by atoms with van der Waals surface area (Å²) >= 11 is 5.92. The Bertz CT molecular complexity index is 545. The Hall–Kier alpha value is -1.88. The van der Waals surface area contributed by atoms with Crippen LogP contribution in [0.3, 0.4) is 0 Å². The molecular weight excluding hydrogens is 244 g/mol. The van der Waals surface area contributed by atoms with E-state index in [-0.39, 0.29) is 11.8 Å². The minimum atomic E-state index is -0.664. The Balaban J connectivity index is 2.40. The van der Waals surface area contributed by atoms with Crippen LogP contribution >= 0.6 is 11.6 Å². The highest BCUT2D eigenvalue weighted by molar-refractivity contribution is 6.30. The van der Waals surface area contributed by atoms with Crippen LogP contribution in [0, 0.1) is 6.92 Å². The standard InChI is InChI=1S/C11H9ClN2O3/c1-6-3-7(5-8(12)4-6)9-13-14-10(17-9)11(15)16-2/h3-5H,1-2H3. The number of halogens is 1. The lowest BCUT2D eigenvalue weighted by molar-refractivity contribution is 0.0556. The first-order chi connectivity index (χ1) is 8.10. The molecule has 0 aliphatic rings. The van der Waals surface area contributed by atoms with Crippen molar-refractivity contribution in [2.75, 3.05) is 7.11 Å². The van der Waals surface area contributed by atoms with Gasteiger partial charge in [-0.25, -0.2) is 4.79 Å². The number of methoxy groups -OCH3 is 1. The molecule has 0 unspecified atom stereocenters. The summed E-state index contributed by atoms with van der Waals surface area (Å²) in [6.45, 7) is 1.90. The second kappa shape index (κ2) is 4.55. The number of rotatable bonds is 2. The fourth-order valence-electron chi connectivity index (χ4n) is 1.37. The normalized spacial score (nSPS) is 10.3. The van der Waals surface area contributed by atoms with Gasteiger partial charge in [-0.2, -0.15) is 0 Å². The molecule has 0 bridgehead atoms. The topological polar surface area (TPSA) is 65.2 Å². The number of esters is 1. The van der Waals surface area contributed by atoms with Crippen LogP contribution in [0.4, 0.5) is 0 Å². The number of aryl methyl sites for hydroxylation is 1. The van der Waals surface area contributed by atoms with Crippen molar-refractivity contribution < 1.29 is 13.9 Å². The third kappa shape index (κ3) is 2.45. The molecule has 0 amide bonds. The highest BCUT2D eigenvalue weighted by Crippen LogP contribution is 2.23. The predicted octanol–water partition coefficient (Wildman–Crippen LogP) is 2.49. The van der Waals surface area contributed by atoms with E-state index in [0.717, 1.165) is 5.56 Å². The molecule has 0 spiro atoms. The van der Waals surface area contributed by atoms with E-state index in [0.29, 0.717) is 10.6 Å². The van der Waals surface area contributed by atoms with E-state index < -0.39 is 5.97 Å². The smallest absolute Gasteiger partial charge is 0.396 e. The van der Waals surface area contributed by atoms with Crippen LogP contribution in [0.15, 0.2) is 22.6 Å². The van der Waals surface area contributed by atoms with E-state index in [1.54, 1.807) is 6.07 Å². The predicted molar refractivity (Wildman–Crippen MR) is 60.8 cm³/mol. The Kier molecular flexibility index (Phi) is 3.10. The number of hydrogen-bond acceptors (Lipinski definition) is 5. The van der Waals surface area contributed by atoms with E-state index in [2.05, 4.69) is 14.9 Å². The molecule has 0 aliphatic heterocycles. The zero-order valence-corrected chi connectivity index (χ0v) is 9.99. The lowest BCUT2D eigenvalue weighted by Gasteiger charge is -1.98. The summed E-state index contributed by atoms with van der Waals surface area (Å²) in [6, 6.07) is 5.33. The van der Waals surface area contributed by atoms with Crippen LogP contribution in [-0.4, -0.2) is 23.3 Å². The molecule has 17 heavy (non-hydrogen) atoms. The summed E-state index contributed by atoms with van der Waals surface area (Å²) in [4.78, 5) is 11.1. The molecule has 0 aliphatic carbocycles. The first-order valence-electron chi connectivity index (χ1n) is 4.79. The summed E-state index contributed by atoms with van der Waals surface area (Å²) < 4.78 is 9.65. The molecule has 0 atom stereocenters. The lowest BCUT2D eigenvalue weighted by Crippen LogP contribution is -2.00. The van der Waals surface area contributed by atoms with Gasteiger partial charge in [0.05, 0.1) is 7.11 Å². The van der Waals surface area contributed by atoms with E-state index >= 15 is 0 Å². The van der Waals surface area contributed by atoms with E-state index in [9.17, 15) is 4.79 Å². The summed E-state index contributed by atoms with van der Waals surface area (Å²) in [5.74, 6) is -0.612. The summed E-state index contributed by atoms with van der Waals surface area (Å²) in [6.07, 6.45) is 0. The maximum Gasteiger partial charge on any atom is 0.396 e. The van der Waals surface area contributed by atoms with Crippen LogP contribution in [0.5, 0.6) is 0 Å². The third-order valence-corrected chi connectivity index (χ3v) is 2.29. The summed E-state index contributed by atoms with van der Waals surface area (Å²) in [5, 5.41) is 7.92. The quantitative estimate of drug-likeness (QED) is 0.768. The largest absolute Gasteiger partial charge is 0.462 e. The SMILES string of the molecule is COC(=O)c1nnc(-c2cc(C)cc(Cl)c2)o1. The van der Waals surface area contributed by atoms with Crippen molar-refractivity contribution in [2.45, 2.75) is 6.92 Å². The number of carbonyl (C=O) groups is 1. The van der Waals surface area contributed by atoms with Crippen molar-refractivity contribution in [2.24, 2.45) is 0 Å². The van der Waals surface area contributed by atoms with Gasteiger partial charge in [-0.05, 0) is 30.7 Å². The number of carbonyl (C=O) groups excluding carboxylic acids is 1. The van der Waals surface area contributed by atoms with Crippen molar-refractivity contribution in [3.63, 3.8) is 0 Å². The van der Waals surface area contributed by atoms with Crippen LogP contribution in [-0.2, 0) is 4.74 Å². The molecule has 2 aromatic rings. The monoisotopic (exact) mass is 252 g/mol. The summed E-state index contributed by atoms with van der Waals surface area (Å²) in [5.41, 5.74) is 1.63. The highest BCUT2D eigenvalue weighted by atomic mass is 35.5. The fourth-order valence-corrected chi connectivity index (χ4v) is 1.66. The van der Waals surface area contributed by atoms with Gasteiger partial charge in [0.1, 0.15) is 0 Å². The average Bonchev–Trinajstić information content (AvgIpc) is 2.76. The minimum Gasteiger partial charge on any atom is -0.462 e. The minimum absolute atomic E-state index is 0.180. The van der Waals surface area contributed by atoms with Crippen LogP contribution in [0.2, 0.25) is 5.02 Å². The number of hydrogen-bond donors (Lipinski definition) is 0. The number of nitrogens with zero attached hydrogens (tertiary/aromatic N) is 2. The van der Waals surface area contributed by atoms with E-state index in [4.69, 9.17) is 16.0 Å². The van der Waals surface area contributed by atoms with Crippen molar-refractivity contribution in [3.05, 3.63) is 34.7 Å². The van der Waals surface area contributed by atoms with E-state index in [1.807, 2.05) is 19.1 Å². The fraction of sp³-hybridized carbons (Fsp3) is 0.182. The average molecular weight is 253 g/mol. The van der Waals surface area contributed by atoms with Crippen molar-refractivity contribution in [1.82, 2.24) is 10.2 Å². The van der Waals surface area contributed by atoms with Gasteiger partial charge in [-0.15, -0.1) is 10.2 Å². The molecule has 0 radical (unpaired) electrons. The molecule has 2 rings (SSSR count). The first kappa shape index (κ1) is 11.6. The Morgan fingerprint density at radius 2 is 2.12 bits per heavy atom. The first-order valence-corrected chi connectivity index (χ1v) is 5.17. The molecule has 0 saturated heterocycles. The van der Waals surface area contributed by atoms with Gasteiger partial charge < -0.3 is 9.15 Å². The van der Waals surface area contributed by atoms with Gasteiger partial charge in [-0.3, -0.25) is 0 Å². The van der Waals surface area contributed by atoms with Crippen molar-refractivity contribution >= 4 is 17.6 Å².